The summed E-state index contributed by atoms with van der Waals surface area (Å²) in [5.41, 5.74) is 3.63. The van der Waals surface area contributed by atoms with Crippen molar-refractivity contribution in [2.45, 2.75) is 25.8 Å². The Kier molecular flexibility index (Phi) is 5.17. The van der Waals surface area contributed by atoms with Gasteiger partial charge in [-0.15, -0.1) is 11.3 Å². The molecule has 2 N–H and O–H groups in total. The number of hydrogen-bond acceptors (Lipinski definition) is 7. The summed E-state index contributed by atoms with van der Waals surface area (Å²) in [6.07, 6.45) is 4.72. The maximum absolute atomic E-state index is 12.7. The maximum Gasteiger partial charge on any atom is 0.263 e. The van der Waals surface area contributed by atoms with Crippen molar-refractivity contribution in [3.63, 3.8) is 0 Å². The number of aldehydes is 1. The second-order valence-corrected chi connectivity index (χ2v) is 10.2. The summed E-state index contributed by atoms with van der Waals surface area (Å²) in [4.78, 5) is 36.2. The molecule has 5 heterocycles. The third kappa shape index (κ3) is 3.58. The molecule has 4 aromatic rings. The predicted molar refractivity (Wildman–Crippen MR) is 137 cm³/mol. The van der Waals surface area contributed by atoms with E-state index in [4.69, 9.17) is 4.98 Å². The van der Waals surface area contributed by atoms with Gasteiger partial charge in [0.2, 0.25) is 0 Å². The lowest BCUT2D eigenvalue weighted by Gasteiger charge is -2.30. The lowest BCUT2D eigenvalue weighted by Crippen LogP contribution is -2.34. The Labute approximate surface area is 201 Å². The van der Waals surface area contributed by atoms with Gasteiger partial charge >= 0.3 is 0 Å². The van der Waals surface area contributed by atoms with Gasteiger partial charge in [0.25, 0.3) is 5.91 Å². The number of fused-ring (bicyclic) bond motifs is 5. The number of nitrogens with one attached hydrogen (secondary N) is 2. The molecule has 0 spiro atoms. The van der Waals surface area contributed by atoms with Gasteiger partial charge in [-0.1, -0.05) is 0 Å². The highest BCUT2D eigenvalue weighted by molar-refractivity contribution is 7.21. The number of benzene rings is 1. The average Bonchev–Trinajstić information content (AvgIpc) is 3.20. The lowest BCUT2D eigenvalue weighted by molar-refractivity contribution is -0.111. The molecule has 0 bridgehead atoms. The molecule has 3 aromatic heterocycles. The van der Waals surface area contributed by atoms with Gasteiger partial charge in [-0.2, -0.15) is 0 Å². The van der Waals surface area contributed by atoms with Crippen LogP contribution in [0.5, 0.6) is 0 Å². The third-order valence-corrected chi connectivity index (χ3v) is 7.94. The van der Waals surface area contributed by atoms with Crippen molar-refractivity contribution in [3.8, 4) is 11.3 Å². The number of thiophene rings is 1. The van der Waals surface area contributed by atoms with Crippen LogP contribution in [0.25, 0.3) is 32.2 Å². The summed E-state index contributed by atoms with van der Waals surface area (Å²) in [6.45, 7) is 4.41. The Hall–Kier alpha value is -3.52. The van der Waals surface area contributed by atoms with Crippen molar-refractivity contribution >= 4 is 56.0 Å². The van der Waals surface area contributed by atoms with Crippen molar-refractivity contribution in [3.05, 3.63) is 47.5 Å². The van der Waals surface area contributed by atoms with Gasteiger partial charge in [-0.3, -0.25) is 4.79 Å². The summed E-state index contributed by atoms with van der Waals surface area (Å²) in [5.74, 6) is 1.10. The minimum Gasteiger partial charge on any atom is -0.381 e. The smallest absolute Gasteiger partial charge is 0.263 e. The summed E-state index contributed by atoms with van der Waals surface area (Å²) >= 11 is 1.52. The van der Waals surface area contributed by atoms with Crippen LogP contribution in [0.4, 0.5) is 11.5 Å². The summed E-state index contributed by atoms with van der Waals surface area (Å²) in [6, 6.07) is 12.4. The number of rotatable bonds is 3. The van der Waals surface area contributed by atoms with E-state index in [0.717, 1.165) is 80.8 Å². The molecule has 1 saturated heterocycles. The molecule has 1 aromatic carbocycles. The standard InChI is InChI=1S/C26H25N5O2S/c1-15-12-28-24-23-18-3-4-19(30-20(18)5-6-21(23)34-25(24)26(33)29-15)17-2-7-22(27-13-17)31-10-8-16(14-32)9-11-31/h2-7,13-16,28H,8-12H2,1H3,(H,29,33). The Morgan fingerprint density at radius 3 is 2.74 bits per heavy atom. The van der Waals surface area contributed by atoms with E-state index >= 15 is 0 Å². The van der Waals surface area contributed by atoms with Crippen LogP contribution in [0.15, 0.2) is 42.6 Å². The molecular formula is C26H25N5O2S. The minimum absolute atomic E-state index is 0.0204. The van der Waals surface area contributed by atoms with Crippen LogP contribution < -0.4 is 15.5 Å². The average molecular weight is 472 g/mol. The molecule has 8 heteroatoms. The molecule has 1 atom stereocenters. The van der Waals surface area contributed by atoms with Crippen molar-refractivity contribution in [1.29, 1.82) is 0 Å². The molecule has 6 rings (SSSR count). The third-order valence-electron chi connectivity index (χ3n) is 6.79. The normalized spacial score (nSPS) is 18.9. The number of amides is 1. The van der Waals surface area contributed by atoms with Gasteiger partial charge in [-0.25, -0.2) is 9.97 Å². The Bertz CT molecular complexity index is 1410. The fourth-order valence-corrected chi connectivity index (χ4v) is 5.97. The molecule has 1 fully saturated rings. The van der Waals surface area contributed by atoms with E-state index in [1.165, 1.54) is 11.3 Å². The second-order valence-electron chi connectivity index (χ2n) is 9.13. The molecule has 172 valence electrons. The molecule has 2 aliphatic heterocycles. The van der Waals surface area contributed by atoms with Crippen LogP contribution in [-0.4, -0.2) is 47.8 Å². The Morgan fingerprint density at radius 1 is 1.12 bits per heavy atom. The number of hydrogen-bond donors (Lipinski definition) is 2. The van der Waals surface area contributed by atoms with E-state index in [1.807, 2.05) is 31.3 Å². The summed E-state index contributed by atoms with van der Waals surface area (Å²) < 4.78 is 1.08. The molecule has 0 aliphatic carbocycles. The molecule has 2 aliphatic rings. The van der Waals surface area contributed by atoms with E-state index in [-0.39, 0.29) is 17.9 Å². The van der Waals surface area contributed by atoms with Gasteiger partial charge in [0.15, 0.2) is 0 Å². The summed E-state index contributed by atoms with van der Waals surface area (Å²) in [7, 11) is 0. The van der Waals surface area contributed by atoms with Crippen molar-refractivity contribution in [1.82, 2.24) is 15.3 Å². The van der Waals surface area contributed by atoms with Crippen LogP contribution in [-0.2, 0) is 4.79 Å². The first kappa shape index (κ1) is 21.0. The molecule has 7 nitrogen and oxygen atoms in total. The number of pyridine rings is 2. The zero-order valence-electron chi connectivity index (χ0n) is 18.9. The van der Waals surface area contributed by atoms with Gasteiger partial charge in [0.1, 0.15) is 17.0 Å². The zero-order chi connectivity index (χ0) is 23.2. The quantitative estimate of drug-likeness (QED) is 0.429. The minimum atomic E-state index is -0.0204. The molecule has 0 radical (unpaired) electrons. The highest BCUT2D eigenvalue weighted by atomic mass is 32.1. The van der Waals surface area contributed by atoms with E-state index in [9.17, 15) is 9.59 Å². The van der Waals surface area contributed by atoms with Gasteiger partial charge in [0, 0.05) is 58.8 Å². The van der Waals surface area contributed by atoms with Crippen LogP contribution in [0.3, 0.4) is 0 Å². The van der Waals surface area contributed by atoms with Crippen LogP contribution >= 0.6 is 11.3 Å². The Balaban J connectivity index is 1.33. The number of anilines is 2. The lowest BCUT2D eigenvalue weighted by atomic mass is 9.98. The first-order valence-electron chi connectivity index (χ1n) is 11.7. The number of carbonyl (C=O) groups is 2. The SMILES string of the molecule is CC1CNc2c(sc3ccc4nc(-c5ccc(N6CCC(C=O)CC6)nc5)ccc4c23)C(=O)N1. The molecule has 1 amide bonds. The predicted octanol–water partition coefficient (Wildman–Crippen LogP) is 4.47. The van der Waals surface area contributed by atoms with Crippen LogP contribution in [0, 0.1) is 5.92 Å². The zero-order valence-corrected chi connectivity index (χ0v) is 19.7. The van der Waals surface area contributed by atoms with Gasteiger partial charge in [0.05, 0.1) is 16.9 Å². The fourth-order valence-electron chi connectivity index (χ4n) is 4.88. The van der Waals surface area contributed by atoms with Gasteiger partial charge < -0.3 is 20.3 Å². The van der Waals surface area contributed by atoms with Gasteiger partial charge in [-0.05, 0) is 56.2 Å². The van der Waals surface area contributed by atoms with E-state index in [2.05, 4.69) is 38.7 Å². The largest absolute Gasteiger partial charge is 0.381 e. The second kappa shape index (κ2) is 8.36. The fraction of sp³-hybridized carbons (Fsp3) is 0.308. The first-order chi connectivity index (χ1) is 16.6. The van der Waals surface area contributed by atoms with E-state index < -0.39 is 0 Å². The molecular weight excluding hydrogens is 446 g/mol. The van der Waals surface area contributed by atoms with E-state index in [1.54, 1.807) is 0 Å². The van der Waals surface area contributed by atoms with Crippen LogP contribution in [0.1, 0.15) is 29.4 Å². The summed E-state index contributed by atoms with van der Waals surface area (Å²) in [5, 5.41) is 8.62. The highest BCUT2D eigenvalue weighted by Gasteiger charge is 2.25. The maximum atomic E-state index is 12.7. The molecule has 1 unspecified atom stereocenters. The topological polar surface area (TPSA) is 87.2 Å². The Morgan fingerprint density at radius 2 is 1.97 bits per heavy atom. The van der Waals surface area contributed by atoms with Crippen molar-refractivity contribution in [2.24, 2.45) is 5.92 Å². The number of piperidine rings is 1. The highest BCUT2D eigenvalue weighted by Crippen LogP contribution is 2.41. The molecule has 0 saturated carbocycles. The van der Waals surface area contributed by atoms with E-state index in [0.29, 0.717) is 6.54 Å². The monoisotopic (exact) mass is 471 g/mol. The number of aromatic nitrogens is 2. The van der Waals surface area contributed by atoms with Crippen molar-refractivity contribution in [2.75, 3.05) is 29.9 Å². The molecule has 34 heavy (non-hydrogen) atoms. The van der Waals surface area contributed by atoms with Crippen LogP contribution in [0.2, 0.25) is 0 Å². The first-order valence-corrected chi connectivity index (χ1v) is 12.5. The number of carbonyl (C=O) groups excluding carboxylic acids is 2. The van der Waals surface area contributed by atoms with Crippen molar-refractivity contribution < 1.29 is 9.59 Å². The number of nitrogens with zero attached hydrogens (tertiary/aromatic N) is 3.